The molecule has 0 spiro atoms. The molecule has 0 radical (unpaired) electrons. The first-order valence-corrected chi connectivity index (χ1v) is 5.28. The molecule has 0 saturated carbocycles. The molecule has 2 nitrogen and oxygen atoms in total. The van der Waals surface area contributed by atoms with Crippen molar-refractivity contribution in [2.45, 2.75) is 13.8 Å². The topological polar surface area (TPSA) is 22.1 Å². The van der Waals surface area contributed by atoms with Gasteiger partial charge in [0, 0.05) is 11.6 Å². The average molecular weight is 222 g/mol. The number of ether oxygens (including phenoxy) is 1. The molecule has 0 unspecified atom stereocenters. The minimum atomic E-state index is 0.631. The Morgan fingerprint density at radius 2 is 2.20 bits per heavy atom. The Bertz CT molecular complexity index is 496. The maximum atomic E-state index is 6.20. The van der Waals surface area contributed by atoms with Crippen LogP contribution in [-0.4, -0.2) is 11.6 Å². The Kier molecular flexibility index (Phi) is 2.78. The van der Waals surface area contributed by atoms with E-state index in [-0.39, 0.29) is 0 Å². The number of fused-ring (bicyclic) bond motifs is 1. The van der Waals surface area contributed by atoms with Gasteiger partial charge in [0.25, 0.3) is 0 Å². The zero-order chi connectivity index (χ0) is 10.8. The molecule has 3 heteroatoms. The van der Waals surface area contributed by atoms with Gasteiger partial charge in [-0.05, 0) is 25.5 Å². The summed E-state index contributed by atoms with van der Waals surface area (Å²) in [6.07, 6.45) is 1.77. The van der Waals surface area contributed by atoms with Crippen LogP contribution >= 0.6 is 11.6 Å². The summed E-state index contributed by atoms with van der Waals surface area (Å²) in [7, 11) is 0. The van der Waals surface area contributed by atoms with E-state index in [2.05, 4.69) is 4.98 Å². The van der Waals surface area contributed by atoms with Crippen molar-refractivity contribution in [2.24, 2.45) is 0 Å². The fraction of sp³-hybridized carbons (Fsp3) is 0.250. The summed E-state index contributed by atoms with van der Waals surface area (Å²) < 4.78 is 5.49. The van der Waals surface area contributed by atoms with E-state index in [1.807, 2.05) is 32.0 Å². The second kappa shape index (κ2) is 4.07. The van der Waals surface area contributed by atoms with Crippen LogP contribution in [0.4, 0.5) is 0 Å². The fourth-order valence-electron chi connectivity index (χ4n) is 1.54. The number of aryl methyl sites for hydroxylation is 1. The zero-order valence-corrected chi connectivity index (χ0v) is 9.51. The Morgan fingerprint density at radius 3 is 2.93 bits per heavy atom. The maximum absolute atomic E-state index is 6.20. The molecule has 0 amide bonds. The standard InChI is InChI=1S/C12H12ClNO/c1-3-15-10-6-4-5-9-11(13)8(2)7-14-12(9)10/h4-7H,3H2,1-2H3. The van der Waals surface area contributed by atoms with Crippen LogP contribution in [0.2, 0.25) is 5.02 Å². The van der Waals surface area contributed by atoms with E-state index in [9.17, 15) is 0 Å². The van der Waals surface area contributed by atoms with Crippen LogP contribution in [0.15, 0.2) is 24.4 Å². The molecule has 0 bridgehead atoms. The first-order valence-electron chi connectivity index (χ1n) is 4.90. The third-order valence-electron chi connectivity index (χ3n) is 2.27. The first kappa shape index (κ1) is 10.2. The van der Waals surface area contributed by atoms with Crippen LogP contribution in [0, 0.1) is 6.92 Å². The van der Waals surface area contributed by atoms with Crippen molar-refractivity contribution in [3.05, 3.63) is 35.0 Å². The summed E-state index contributed by atoms with van der Waals surface area (Å²) in [6.45, 7) is 4.53. The van der Waals surface area contributed by atoms with Crippen LogP contribution in [-0.2, 0) is 0 Å². The number of rotatable bonds is 2. The van der Waals surface area contributed by atoms with Crippen molar-refractivity contribution in [3.8, 4) is 5.75 Å². The van der Waals surface area contributed by atoms with Gasteiger partial charge < -0.3 is 4.74 Å². The van der Waals surface area contributed by atoms with Gasteiger partial charge in [-0.25, -0.2) is 0 Å². The highest BCUT2D eigenvalue weighted by atomic mass is 35.5. The molecule has 0 aliphatic rings. The molecule has 2 rings (SSSR count). The molecule has 1 heterocycles. The lowest BCUT2D eigenvalue weighted by Gasteiger charge is -2.08. The van der Waals surface area contributed by atoms with E-state index in [4.69, 9.17) is 16.3 Å². The fourth-order valence-corrected chi connectivity index (χ4v) is 1.74. The second-order valence-corrected chi connectivity index (χ2v) is 3.72. The van der Waals surface area contributed by atoms with Crippen LogP contribution < -0.4 is 4.74 Å². The number of pyridine rings is 1. The number of para-hydroxylation sites is 1. The van der Waals surface area contributed by atoms with Crippen molar-refractivity contribution in [3.63, 3.8) is 0 Å². The van der Waals surface area contributed by atoms with Crippen molar-refractivity contribution in [2.75, 3.05) is 6.61 Å². The van der Waals surface area contributed by atoms with Crippen LogP contribution in [0.3, 0.4) is 0 Å². The SMILES string of the molecule is CCOc1cccc2c(Cl)c(C)cnc12. The normalized spacial score (nSPS) is 10.6. The monoisotopic (exact) mass is 221 g/mol. The van der Waals surface area contributed by atoms with Crippen LogP contribution in [0.25, 0.3) is 10.9 Å². The number of hydrogen-bond acceptors (Lipinski definition) is 2. The molecular formula is C12H12ClNO. The minimum absolute atomic E-state index is 0.631. The van der Waals surface area contributed by atoms with E-state index in [1.54, 1.807) is 6.20 Å². The molecule has 0 saturated heterocycles. The molecule has 1 aromatic heterocycles. The molecule has 0 aliphatic carbocycles. The summed E-state index contributed by atoms with van der Waals surface area (Å²) in [4.78, 5) is 4.35. The highest BCUT2D eigenvalue weighted by Gasteiger charge is 2.07. The Hall–Kier alpha value is -1.28. The van der Waals surface area contributed by atoms with Gasteiger partial charge in [0.1, 0.15) is 11.3 Å². The van der Waals surface area contributed by atoms with E-state index >= 15 is 0 Å². The second-order valence-electron chi connectivity index (χ2n) is 3.34. The third kappa shape index (κ3) is 1.77. The molecule has 2 aromatic rings. The Balaban J connectivity index is 2.72. The van der Waals surface area contributed by atoms with Gasteiger partial charge in [0.05, 0.1) is 11.6 Å². The summed E-state index contributed by atoms with van der Waals surface area (Å²) in [5, 5.41) is 1.70. The predicted octanol–water partition coefficient (Wildman–Crippen LogP) is 3.60. The number of nitrogens with zero attached hydrogens (tertiary/aromatic N) is 1. The van der Waals surface area contributed by atoms with E-state index in [0.29, 0.717) is 6.61 Å². The van der Waals surface area contributed by atoms with Gasteiger partial charge in [0.2, 0.25) is 0 Å². The summed E-state index contributed by atoms with van der Waals surface area (Å²) >= 11 is 6.20. The van der Waals surface area contributed by atoms with E-state index in [0.717, 1.165) is 27.2 Å². The Morgan fingerprint density at radius 1 is 1.40 bits per heavy atom. The number of hydrogen-bond donors (Lipinski definition) is 0. The number of benzene rings is 1. The number of halogens is 1. The molecule has 0 fully saturated rings. The van der Waals surface area contributed by atoms with Gasteiger partial charge in [0.15, 0.2) is 0 Å². The van der Waals surface area contributed by atoms with Crippen molar-refractivity contribution in [1.82, 2.24) is 4.98 Å². The maximum Gasteiger partial charge on any atom is 0.145 e. The molecule has 0 aliphatic heterocycles. The van der Waals surface area contributed by atoms with Gasteiger partial charge >= 0.3 is 0 Å². The number of aromatic nitrogens is 1. The lowest BCUT2D eigenvalue weighted by Crippen LogP contribution is -1.94. The molecule has 78 valence electrons. The quantitative estimate of drug-likeness (QED) is 0.773. The van der Waals surface area contributed by atoms with Gasteiger partial charge in [-0.1, -0.05) is 23.7 Å². The molecule has 0 atom stereocenters. The zero-order valence-electron chi connectivity index (χ0n) is 8.75. The van der Waals surface area contributed by atoms with Gasteiger partial charge in [-0.15, -0.1) is 0 Å². The largest absolute Gasteiger partial charge is 0.492 e. The highest BCUT2D eigenvalue weighted by Crippen LogP contribution is 2.30. The van der Waals surface area contributed by atoms with Crippen molar-refractivity contribution >= 4 is 22.5 Å². The molecule has 0 N–H and O–H groups in total. The van der Waals surface area contributed by atoms with E-state index < -0.39 is 0 Å². The van der Waals surface area contributed by atoms with Crippen molar-refractivity contribution < 1.29 is 4.74 Å². The summed E-state index contributed by atoms with van der Waals surface area (Å²) in [6, 6.07) is 5.80. The molecule has 1 aromatic carbocycles. The lowest BCUT2D eigenvalue weighted by atomic mass is 10.1. The smallest absolute Gasteiger partial charge is 0.145 e. The molecule has 15 heavy (non-hydrogen) atoms. The third-order valence-corrected chi connectivity index (χ3v) is 2.77. The van der Waals surface area contributed by atoms with Gasteiger partial charge in [-0.3, -0.25) is 4.98 Å². The summed E-state index contributed by atoms with van der Waals surface area (Å²) in [5.74, 6) is 0.789. The van der Waals surface area contributed by atoms with Crippen LogP contribution in [0.5, 0.6) is 5.75 Å². The van der Waals surface area contributed by atoms with E-state index in [1.165, 1.54) is 0 Å². The Labute approximate surface area is 93.8 Å². The van der Waals surface area contributed by atoms with Crippen molar-refractivity contribution in [1.29, 1.82) is 0 Å². The van der Waals surface area contributed by atoms with Crippen LogP contribution in [0.1, 0.15) is 12.5 Å². The first-order chi connectivity index (χ1) is 7.24. The predicted molar refractivity (Wildman–Crippen MR) is 62.7 cm³/mol. The summed E-state index contributed by atoms with van der Waals surface area (Å²) in [5.41, 5.74) is 1.81. The lowest BCUT2D eigenvalue weighted by molar-refractivity contribution is 0.343. The molecular weight excluding hydrogens is 210 g/mol. The minimum Gasteiger partial charge on any atom is -0.492 e. The highest BCUT2D eigenvalue weighted by molar-refractivity contribution is 6.36. The van der Waals surface area contributed by atoms with Gasteiger partial charge in [-0.2, -0.15) is 0 Å². The average Bonchev–Trinajstić information content (AvgIpc) is 2.25.